The lowest BCUT2D eigenvalue weighted by atomic mass is 10.3. The van der Waals surface area contributed by atoms with Crippen LogP contribution >= 0.6 is 0 Å². The Balaban J connectivity index is 2.01. The van der Waals surface area contributed by atoms with Crippen molar-refractivity contribution in [3.8, 4) is 0 Å². The summed E-state index contributed by atoms with van der Waals surface area (Å²) >= 11 is 0. The molecule has 1 amide bonds. The van der Waals surface area contributed by atoms with Crippen LogP contribution in [0.1, 0.15) is 10.5 Å². The minimum absolute atomic E-state index is 0.0857. The number of carbonyl (C=O) groups is 1. The van der Waals surface area contributed by atoms with Crippen molar-refractivity contribution in [3.05, 3.63) is 18.2 Å². The summed E-state index contributed by atoms with van der Waals surface area (Å²) in [6, 6.07) is 0. The molecule has 1 aliphatic heterocycles. The molecule has 2 N–H and O–H groups in total. The minimum atomic E-state index is -0.768. The van der Waals surface area contributed by atoms with E-state index >= 15 is 0 Å². The van der Waals surface area contributed by atoms with Gasteiger partial charge in [-0.15, -0.1) is 0 Å². The van der Waals surface area contributed by atoms with E-state index in [1.165, 1.54) is 0 Å². The van der Waals surface area contributed by atoms with E-state index in [1.54, 1.807) is 22.0 Å². The molecule has 1 aliphatic rings. The van der Waals surface area contributed by atoms with Crippen LogP contribution in [0.4, 0.5) is 0 Å². The van der Waals surface area contributed by atoms with Crippen molar-refractivity contribution in [2.75, 3.05) is 31.1 Å². The Bertz CT molecular complexity index is 422. The number of aromatic nitrogens is 2. The summed E-state index contributed by atoms with van der Waals surface area (Å²) in [5, 5.41) is 0. The van der Waals surface area contributed by atoms with Crippen LogP contribution in [0.5, 0.6) is 0 Å². The number of rotatable bonds is 3. The molecule has 7 heteroatoms. The summed E-state index contributed by atoms with van der Waals surface area (Å²) in [6.45, 7) is 2.28. The molecule has 1 aromatic heterocycles. The summed E-state index contributed by atoms with van der Waals surface area (Å²) in [6.07, 6.45) is 3.32. The SMILES string of the molecule is NCCn1cnc(C(=O)N2CCS(=O)CC2)c1. The van der Waals surface area contributed by atoms with Crippen LogP contribution in [-0.2, 0) is 17.3 Å². The number of imidazole rings is 1. The van der Waals surface area contributed by atoms with Crippen LogP contribution in [0.2, 0.25) is 0 Å². The zero-order valence-corrected chi connectivity index (χ0v) is 10.4. The Hall–Kier alpha value is -1.21. The van der Waals surface area contributed by atoms with Crippen LogP contribution in [0.15, 0.2) is 12.5 Å². The number of nitrogens with zero attached hydrogens (tertiary/aromatic N) is 3. The van der Waals surface area contributed by atoms with Crippen LogP contribution in [-0.4, -0.2) is 55.7 Å². The molecule has 2 heterocycles. The van der Waals surface area contributed by atoms with Gasteiger partial charge in [-0.25, -0.2) is 4.98 Å². The van der Waals surface area contributed by atoms with Crippen LogP contribution in [0, 0.1) is 0 Å². The topological polar surface area (TPSA) is 81.2 Å². The van der Waals surface area contributed by atoms with E-state index in [2.05, 4.69) is 4.98 Å². The second-order valence-electron chi connectivity index (χ2n) is 3.93. The standard InChI is InChI=1S/C10H16N4O2S/c11-1-2-13-7-9(12-8-13)10(15)14-3-5-17(16)6-4-14/h7-8H,1-6,11H2. The third kappa shape index (κ3) is 2.92. The van der Waals surface area contributed by atoms with Gasteiger partial charge < -0.3 is 15.2 Å². The third-order valence-electron chi connectivity index (χ3n) is 2.70. The molecule has 2 rings (SSSR count). The minimum Gasteiger partial charge on any atom is -0.335 e. The van der Waals surface area contributed by atoms with E-state index in [-0.39, 0.29) is 5.91 Å². The average Bonchev–Trinajstić information content (AvgIpc) is 2.78. The average molecular weight is 256 g/mol. The van der Waals surface area contributed by atoms with Gasteiger partial charge >= 0.3 is 0 Å². The van der Waals surface area contributed by atoms with Crippen molar-refractivity contribution >= 4 is 16.7 Å². The second-order valence-corrected chi connectivity index (χ2v) is 5.62. The maximum atomic E-state index is 12.0. The van der Waals surface area contributed by atoms with Gasteiger partial charge in [0.25, 0.3) is 5.91 Å². The van der Waals surface area contributed by atoms with Gasteiger partial charge in [0.05, 0.1) is 6.33 Å². The fourth-order valence-corrected chi connectivity index (χ4v) is 2.80. The number of carbonyl (C=O) groups excluding carboxylic acids is 1. The zero-order chi connectivity index (χ0) is 12.3. The summed E-state index contributed by atoms with van der Waals surface area (Å²) < 4.78 is 13.0. The third-order valence-corrected chi connectivity index (χ3v) is 3.98. The molecule has 0 atom stereocenters. The van der Waals surface area contributed by atoms with Crippen molar-refractivity contribution in [3.63, 3.8) is 0 Å². The van der Waals surface area contributed by atoms with Gasteiger partial charge in [0.2, 0.25) is 0 Å². The van der Waals surface area contributed by atoms with Gasteiger partial charge in [-0.1, -0.05) is 0 Å². The van der Waals surface area contributed by atoms with Crippen molar-refractivity contribution in [1.29, 1.82) is 0 Å². The highest BCUT2D eigenvalue weighted by Crippen LogP contribution is 2.06. The van der Waals surface area contributed by atoms with Crippen LogP contribution < -0.4 is 5.73 Å². The van der Waals surface area contributed by atoms with E-state index in [0.717, 1.165) is 0 Å². The molecule has 1 fully saturated rings. The molecule has 17 heavy (non-hydrogen) atoms. The lowest BCUT2D eigenvalue weighted by Crippen LogP contribution is -2.41. The predicted molar refractivity (Wildman–Crippen MR) is 65.1 cm³/mol. The highest BCUT2D eigenvalue weighted by Gasteiger charge is 2.22. The summed E-state index contributed by atoms with van der Waals surface area (Å²) in [4.78, 5) is 17.8. The smallest absolute Gasteiger partial charge is 0.274 e. The number of amides is 1. The summed E-state index contributed by atoms with van der Waals surface area (Å²) in [5.74, 6) is 1.04. The highest BCUT2D eigenvalue weighted by atomic mass is 32.2. The Morgan fingerprint density at radius 1 is 1.47 bits per heavy atom. The number of hydrogen-bond donors (Lipinski definition) is 1. The van der Waals surface area contributed by atoms with Gasteiger partial charge in [0.15, 0.2) is 0 Å². The molecule has 1 saturated heterocycles. The maximum absolute atomic E-state index is 12.0. The van der Waals surface area contributed by atoms with E-state index in [9.17, 15) is 9.00 Å². The van der Waals surface area contributed by atoms with Gasteiger partial charge in [0, 0.05) is 54.7 Å². The molecule has 0 aliphatic carbocycles. The first kappa shape index (κ1) is 12.3. The number of nitrogens with two attached hydrogens (primary N) is 1. The van der Waals surface area contributed by atoms with E-state index in [1.807, 2.05) is 0 Å². The lowest BCUT2D eigenvalue weighted by molar-refractivity contribution is 0.0766. The molecule has 6 nitrogen and oxygen atoms in total. The molecule has 94 valence electrons. The van der Waals surface area contributed by atoms with Gasteiger partial charge in [-0.3, -0.25) is 9.00 Å². The first-order valence-corrected chi connectivity index (χ1v) is 7.05. The molecule has 0 aromatic carbocycles. The quantitative estimate of drug-likeness (QED) is 0.755. The van der Waals surface area contributed by atoms with Crippen molar-refractivity contribution < 1.29 is 9.00 Å². The Labute approximate surface area is 102 Å². The van der Waals surface area contributed by atoms with Gasteiger partial charge in [-0.2, -0.15) is 0 Å². The van der Waals surface area contributed by atoms with Gasteiger partial charge in [-0.05, 0) is 0 Å². The summed E-state index contributed by atoms with van der Waals surface area (Å²) in [7, 11) is -0.768. The van der Waals surface area contributed by atoms with Crippen molar-refractivity contribution in [1.82, 2.24) is 14.5 Å². The molecule has 0 saturated carbocycles. The van der Waals surface area contributed by atoms with E-state index in [0.29, 0.717) is 43.4 Å². The molecule has 0 radical (unpaired) electrons. The Kier molecular flexibility index (Phi) is 3.90. The van der Waals surface area contributed by atoms with Gasteiger partial charge in [0.1, 0.15) is 5.69 Å². The largest absolute Gasteiger partial charge is 0.335 e. The second kappa shape index (κ2) is 5.42. The Morgan fingerprint density at radius 2 is 2.18 bits per heavy atom. The van der Waals surface area contributed by atoms with E-state index < -0.39 is 10.8 Å². The molecular weight excluding hydrogens is 240 g/mol. The molecule has 0 unspecified atom stereocenters. The highest BCUT2D eigenvalue weighted by molar-refractivity contribution is 7.85. The first-order chi connectivity index (χ1) is 8.20. The van der Waals surface area contributed by atoms with Crippen LogP contribution in [0.3, 0.4) is 0 Å². The normalized spacial score (nSPS) is 17.4. The van der Waals surface area contributed by atoms with E-state index in [4.69, 9.17) is 5.73 Å². The fourth-order valence-electron chi connectivity index (χ4n) is 1.74. The molecule has 0 spiro atoms. The van der Waals surface area contributed by atoms with Crippen LogP contribution in [0.25, 0.3) is 0 Å². The maximum Gasteiger partial charge on any atom is 0.274 e. The molecule has 0 bridgehead atoms. The monoisotopic (exact) mass is 256 g/mol. The number of hydrogen-bond acceptors (Lipinski definition) is 4. The zero-order valence-electron chi connectivity index (χ0n) is 9.54. The molecular formula is C10H16N4O2S. The summed E-state index contributed by atoms with van der Waals surface area (Å²) in [5.41, 5.74) is 5.86. The first-order valence-electron chi connectivity index (χ1n) is 5.57. The molecule has 1 aromatic rings. The lowest BCUT2D eigenvalue weighted by Gasteiger charge is -2.25. The van der Waals surface area contributed by atoms with Crippen molar-refractivity contribution in [2.45, 2.75) is 6.54 Å². The predicted octanol–water partition coefficient (Wildman–Crippen LogP) is -0.954. The fraction of sp³-hybridized carbons (Fsp3) is 0.600. The Morgan fingerprint density at radius 3 is 2.82 bits per heavy atom. The van der Waals surface area contributed by atoms with Crippen molar-refractivity contribution in [2.24, 2.45) is 5.73 Å².